The Morgan fingerprint density at radius 1 is 0.867 bits per heavy atom. The summed E-state index contributed by atoms with van der Waals surface area (Å²) in [6.45, 7) is 0.272. The van der Waals surface area contributed by atoms with Crippen LogP contribution in [0.2, 0.25) is 0 Å². The Balaban J connectivity index is 2.10. The molecule has 4 aromatic rings. The Labute approximate surface area is 171 Å². The predicted octanol–water partition coefficient (Wildman–Crippen LogP) is 5.87. The van der Waals surface area contributed by atoms with Crippen molar-refractivity contribution in [2.24, 2.45) is 5.73 Å². The van der Waals surface area contributed by atoms with Gasteiger partial charge in [0.25, 0.3) is 0 Å². The molecule has 6 heteroatoms. The molecule has 0 aliphatic carbocycles. The number of amides is 1. The van der Waals surface area contributed by atoms with Crippen molar-refractivity contribution in [1.29, 1.82) is 0 Å². The van der Waals surface area contributed by atoms with Gasteiger partial charge in [-0.15, -0.1) is 0 Å². The minimum absolute atomic E-state index is 0.0822. The van der Waals surface area contributed by atoms with Crippen LogP contribution in [0.3, 0.4) is 0 Å². The fraction of sp³-hybridized carbons (Fsp3) is 0.125. The van der Waals surface area contributed by atoms with Crippen molar-refractivity contribution in [1.82, 2.24) is 4.57 Å². The lowest BCUT2D eigenvalue weighted by atomic mass is 9.97. The molecule has 1 aromatic heterocycles. The van der Waals surface area contributed by atoms with E-state index in [1.54, 1.807) is 0 Å². The molecular weight excluding hydrogens is 389 g/mol. The van der Waals surface area contributed by atoms with Crippen LogP contribution in [0.4, 0.5) is 13.2 Å². The van der Waals surface area contributed by atoms with Crippen LogP contribution < -0.4 is 5.73 Å². The SMILES string of the molecule is NC(=O)CCn1c(-c2ccccc2)c(-c2ccccc2)c2cc(C(F)(F)F)ccc21. The molecule has 30 heavy (non-hydrogen) atoms. The van der Waals surface area contributed by atoms with Crippen molar-refractivity contribution < 1.29 is 18.0 Å². The zero-order valence-electron chi connectivity index (χ0n) is 16.0. The monoisotopic (exact) mass is 408 g/mol. The third-order valence-electron chi connectivity index (χ3n) is 5.08. The number of hydrogen-bond donors (Lipinski definition) is 1. The van der Waals surface area contributed by atoms with Crippen LogP contribution in [0.25, 0.3) is 33.3 Å². The second-order valence-corrected chi connectivity index (χ2v) is 7.05. The average Bonchev–Trinajstić information content (AvgIpc) is 3.06. The maximum absolute atomic E-state index is 13.5. The first-order valence-electron chi connectivity index (χ1n) is 9.49. The summed E-state index contributed by atoms with van der Waals surface area (Å²) in [5, 5.41) is 0.486. The van der Waals surface area contributed by atoms with Crippen LogP contribution >= 0.6 is 0 Å². The number of hydrogen-bond acceptors (Lipinski definition) is 1. The van der Waals surface area contributed by atoms with Gasteiger partial charge in [-0.25, -0.2) is 0 Å². The standard InChI is InChI=1S/C24H19F3N2O/c25-24(26,27)18-11-12-20-19(15-18)22(16-7-3-1-4-8-16)23(17-9-5-2-6-10-17)29(20)14-13-21(28)30/h1-12,15H,13-14H2,(H2,28,30). The Bertz CT molecular complexity index is 1200. The molecule has 3 nitrogen and oxygen atoms in total. The highest BCUT2D eigenvalue weighted by Gasteiger charge is 2.32. The van der Waals surface area contributed by atoms with Crippen molar-refractivity contribution in [3.63, 3.8) is 0 Å². The number of carbonyl (C=O) groups excluding carboxylic acids is 1. The summed E-state index contributed by atoms with van der Waals surface area (Å²) in [6, 6.07) is 22.5. The summed E-state index contributed by atoms with van der Waals surface area (Å²) in [7, 11) is 0. The number of alkyl halides is 3. The lowest BCUT2D eigenvalue weighted by Crippen LogP contribution is -2.14. The number of halogens is 3. The molecule has 1 heterocycles. The highest BCUT2D eigenvalue weighted by Crippen LogP contribution is 2.43. The second-order valence-electron chi connectivity index (χ2n) is 7.05. The Morgan fingerprint density at radius 3 is 2.03 bits per heavy atom. The highest BCUT2D eigenvalue weighted by molar-refractivity contribution is 6.05. The van der Waals surface area contributed by atoms with Crippen molar-refractivity contribution in [2.45, 2.75) is 19.1 Å². The molecule has 0 spiro atoms. The van der Waals surface area contributed by atoms with E-state index in [2.05, 4.69) is 0 Å². The van der Waals surface area contributed by atoms with Crippen molar-refractivity contribution in [2.75, 3.05) is 0 Å². The molecule has 0 bridgehead atoms. The zero-order valence-corrected chi connectivity index (χ0v) is 16.0. The topological polar surface area (TPSA) is 48.0 Å². The summed E-state index contributed by atoms with van der Waals surface area (Å²) in [5.74, 6) is -0.468. The van der Waals surface area contributed by atoms with Gasteiger partial charge in [-0.05, 0) is 29.3 Å². The number of aryl methyl sites for hydroxylation is 1. The van der Waals surface area contributed by atoms with Crippen molar-refractivity contribution >= 4 is 16.8 Å². The minimum atomic E-state index is -4.45. The third-order valence-corrected chi connectivity index (χ3v) is 5.08. The molecule has 0 unspecified atom stereocenters. The average molecular weight is 408 g/mol. The smallest absolute Gasteiger partial charge is 0.370 e. The van der Waals surface area contributed by atoms with E-state index in [4.69, 9.17) is 5.73 Å². The quantitative estimate of drug-likeness (QED) is 0.441. The number of benzene rings is 3. The Hall–Kier alpha value is -3.54. The number of aromatic nitrogens is 1. The Kier molecular flexibility index (Phi) is 5.08. The summed E-state index contributed by atoms with van der Waals surface area (Å²) in [5.41, 5.74) is 8.41. The summed E-state index contributed by atoms with van der Waals surface area (Å²) in [6.07, 6.45) is -4.37. The highest BCUT2D eigenvalue weighted by atomic mass is 19.4. The first-order chi connectivity index (χ1) is 14.4. The summed E-state index contributed by atoms with van der Waals surface area (Å²) >= 11 is 0. The molecule has 0 saturated carbocycles. The molecule has 0 radical (unpaired) electrons. The number of primary amides is 1. The molecule has 0 fully saturated rings. The maximum atomic E-state index is 13.5. The van der Waals surface area contributed by atoms with E-state index in [9.17, 15) is 18.0 Å². The van der Waals surface area contributed by atoms with E-state index in [0.717, 1.165) is 22.9 Å². The molecule has 4 rings (SSSR count). The van der Waals surface area contributed by atoms with Gasteiger partial charge in [0, 0.05) is 29.4 Å². The van der Waals surface area contributed by atoms with Crippen LogP contribution in [-0.2, 0) is 17.5 Å². The van der Waals surface area contributed by atoms with Gasteiger partial charge < -0.3 is 10.3 Å². The fourth-order valence-electron chi connectivity index (χ4n) is 3.78. The second kappa shape index (κ2) is 7.71. The molecule has 3 aromatic carbocycles. The van der Waals surface area contributed by atoms with Crippen molar-refractivity contribution in [3.8, 4) is 22.4 Å². The zero-order chi connectivity index (χ0) is 21.3. The van der Waals surface area contributed by atoms with Crippen LogP contribution in [0.1, 0.15) is 12.0 Å². The van der Waals surface area contributed by atoms with Gasteiger partial charge in [-0.1, -0.05) is 60.7 Å². The number of carbonyl (C=O) groups is 1. The van der Waals surface area contributed by atoms with Gasteiger partial charge in [0.15, 0.2) is 0 Å². The van der Waals surface area contributed by atoms with Crippen LogP contribution in [0, 0.1) is 0 Å². The van der Waals surface area contributed by atoms with Gasteiger partial charge in [0.1, 0.15) is 0 Å². The van der Waals surface area contributed by atoms with E-state index in [-0.39, 0.29) is 13.0 Å². The van der Waals surface area contributed by atoms with E-state index in [0.29, 0.717) is 16.5 Å². The third kappa shape index (κ3) is 3.68. The molecule has 0 aliphatic heterocycles. The molecule has 2 N–H and O–H groups in total. The fourth-order valence-corrected chi connectivity index (χ4v) is 3.78. The number of fused-ring (bicyclic) bond motifs is 1. The lowest BCUT2D eigenvalue weighted by molar-refractivity contribution is -0.137. The van der Waals surface area contributed by atoms with Gasteiger partial charge in [-0.3, -0.25) is 4.79 Å². The van der Waals surface area contributed by atoms with E-state index >= 15 is 0 Å². The molecule has 152 valence electrons. The van der Waals surface area contributed by atoms with E-state index < -0.39 is 17.6 Å². The van der Waals surface area contributed by atoms with Gasteiger partial charge >= 0.3 is 6.18 Å². The Morgan fingerprint density at radius 2 is 1.47 bits per heavy atom. The molecule has 0 saturated heterocycles. The first kappa shape index (κ1) is 19.8. The van der Waals surface area contributed by atoms with E-state index in [1.165, 1.54) is 12.1 Å². The maximum Gasteiger partial charge on any atom is 0.416 e. The minimum Gasteiger partial charge on any atom is -0.370 e. The van der Waals surface area contributed by atoms with Gasteiger partial charge in [0.05, 0.1) is 11.3 Å². The largest absolute Gasteiger partial charge is 0.416 e. The predicted molar refractivity (Wildman–Crippen MR) is 112 cm³/mol. The van der Waals surface area contributed by atoms with Gasteiger partial charge in [-0.2, -0.15) is 13.2 Å². The first-order valence-corrected chi connectivity index (χ1v) is 9.49. The number of rotatable bonds is 5. The normalized spacial score (nSPS) is 11.7. The summed E-state index contributed by atoms with van der Waals surface area (Å²) < 4.78 is 42.3. The van der Waals surface area contributed by atoms with Gasteiger partial charge in [0.2, 0.25) is 5.91 Å². The summed E-state index contributed by atoms with van der Waals surface area (Å²) in [4.78, 5) is 11.5. The lowest BCUT2D eigenvalue weighted by Gasteiger charge is -2.12. The molecule has 0 aliphatic rings. The van der Waals surface area contributed by atoms with Crippen molar-refractivity contribution in [3.05, 3.63) is 84.4 Å². The molecule has 0 atom stereocenters. The van der Waals surface area contributed by atoms with E-state index in [1.807, 2.05) is 65.2 Å². The number of nitrogens with two attached hydrogens (primary N) is 1. The van der Waals surface area contributed by atoms with Crippen LogP contribution in [0.15, 0.2) is 78.9 Å². The molecule has 1 amide bonds. The molecular formula is C24H19F3N2O. The van der Waals surface area contributed by atoms with Crippen LogP contribution in [-0.4, -0.2) is 10.5 Å². The van der Waals surface area contributed by atoms with Crippen LogP contribution in [0.5, 0.6) is 0 Å². The number of nitrogens with zero attached hydrogens (tertiary/aromatic N) is 1.